The quantitative estimate of drug-likeness (QED) is 0.668. The van der Waals surface area contributed by atoms with Crippen molar-refractivity contribution in [1.82, 2.24) is 0 Å². The first-order valence-corrected chi connectivity index (χ1v) is 6.09. The van der Waals surface area contributed by atoms with E-state index >= 15 is 0 Å². The van der Waals surface area contributed by atoms with Gasteiger partial charge in [-0.2, -0.15) is 0 Å². The number of hydrogen-bond acceptors (Lipinski definition) is 5. The van der Waals surface area contributed by atoms with Gasteiger partial charge in [-0.1, -0.05) is 0 Å². The normalized spacial score (nSPS) is 16.6. The van der Waals surface area contributed by atoms with E-state index in [0.29, 0.717) is 0 Å². The zero-order valence-electron chi connectivity index (χ0n) is 9.15. The molecule has 0 aromatic rings. The van der Waals surface area contributed by atoms with E-state index in [1.54, 1.807) is 13.8 Å². The van der Waals surface area contributed by atoms with Gasteiger partial charge in [0.25, 0.3) is 0 Å². The highest BCUT2D eigenvalue weighted by molar-refractivity contribution is 7.55. The number of aliphatic hydroxyl groups excluding tert-OH is 1. The van der Waals surface area contributed by atoms with Crippen LogP contribution in [-0.4, -0.2) is 37.4 Å². The zero-order chi connectivity index (χ0) is 11.2. The first-order valence-electron chi connectivity index (χ1n) is 4.55. The summed E-state index contributed by atoms with van der Waals surface area (Å²) in [6.07, 6.45) is 0. The van der Waals surface area contributed by atoms with Crippen LogP contribution in [0, 0.1) is 0 Å². The molecule has 0 rings (SSSR count). The second-order valence-electron chi connectivity index (χ2n) is 2.87. The van der Waals surface area contributed by atoms with Crippen LogP contribution in [-0.2, 0) is 18.3 Å². The lowest BCUT2D eigenvalue weighted by atomic mass is 10.4. The van der Waals surface area contributed by atoms with Crippen molar-refractivity contribution in [2.75, 3.05) is 26.9 Å². The molecule has 6 heteroatoms. The van der Waals surface area contributed by atoms with E-state index in [4.69, 9.17) is 18.9 Å². The molecule has 0 aliphatic carbocycles. The van der Waals surface area contributed by atoms with E-state index in [1.165, 1.54) is 14.0 Å². The molecule has 1 unspecified atom stereocenters. The van der Waals surface area contributed by atoms with Crippen molar-refractivity contribution in [2.24, 2.45) is 0 Å². The van der Waals surface area contributed by atoms with Gasteiger partial charge in [0.05, 0.1) is 19.8 Å². The average Bonchev–Trinajstić information content (AvgIpc) is 2.17. The molecule has 0 aliphatic rings. The molecule has 86 valence electrons. The SMILES string of the molecule is CCOP(=O)(OCC)C(C)(CO)OC. The molecular weight excluding hydrogens is 207 g/mol. The topological polar surface area (TPSA) is 65.0 Å². The second kappa shape index (κ2) is 5.83. The molecule has 0 amide bonds. The summed E-state index contributed by atoms with van der Waals surface area (Å²) < 4.78 is 27.3. The third-order valence-electron chi connectivity index (χ3n) is 1.91. The van der Waals surface area contributed by atoms with E-state index in [1.807, 2.05) is 0 Å². The van der Waals surface area contributed by atoms with E-state index in [-0.39, 0.29) is 13.2 Å². The number of rotatable bonds is 7. The van der Waals surface area contributed by atoms with Crippen LogP contribution in [0.1, 0.15) is 20.8 Å². The first kappa shape index (κ1) is 14.1. The molecule has 0 radical (unpaired) electrons. The number of methoxy groups -OCH3 is 1. The Morgan fingerprint density at radius 3 is 1.93 bits per heavy atom. The highest BCUT2D eigenvalue weighted by Crippen LogP contribution is 2.59. The van der Waals surface area contributed by atoms with E-state index < -0.39 is 19.5 Å². The maximum atomic E-state index is 12.2. The Kier molecular flexibility index (Phi) is 5.86. The van der Waals surface area contributed by atoms with Crippen LogP contribution in [0.3, 0.4) is 0 Å². The zero-order valence-corrected chi connectivity index (χ0v) is 10.0. The van der Waals surface area contributed by atoms with Gasteiger partial charge >= 0.3 is 7.60 Å². The van der Waals surface area contributed by atoms with E-state index in [9.17, 15) is 4.57 Å². The Hall–Kier alpha value is 0.0700. The van der Waals surface area contributed by atoms with Gasteiger partial charge in [-0.15, -0.1) is 0 Å². The highest BCUT2D eigenvalue weighted by Gasteiger charge is 2.47. The lowest BCUT2D eigenvalue weighted by Crippen LogP contribution is -2.33. The Balaban J connectivity index is 4.86. The molecule has 5 nitrogen and oxygen atoms in total. The minimum Gasteiger partial charge on any atom is -0.393 e. The minimum absolute atomic E-state index is 0.246. The van der Waals surface area contributed by atoms with Gasteiger partial charge in [0.2, 0.25) is 0 Å². The van der Waals surface area contributed by atoms with E-state index in [0.717, 1.165) is 0 Å². The van der Waals surface area contributed by atoms with Crippen molar-refractivity contribution in [3.63, 3.8) is 0 Å². The molecule has 0 bridgehead atoms. The molecule has 0 heterocycles. The monoisotopic (exact) mass is 226 g/mol. The van der Waals surface area contributed by atoms with Crippen LogP contribution in [0.2, 0.25) is 0 Å². The fourth-order valence-electron chi connectivity index (χ4n) is 0.913. The fraction of sp³-hybridized carbons (Fsp3) is 1.00. The standard InChI is InChI=1S/C8H19O5P/c1-5-12-14(10,13-6-2)8(3,7-9)11-4/h9H,5-7H2,1-4H3. The average molecular weight is 226 g/mol. The minimum atomic E-state index is -3.41. The summed E-state index contributed by atoms with van der Waals surface area (Å²) in [5.74, 6) is 0. The molecule has 0 saturated carbocycles. The van der Waals surface area contributed by atoms with E-state index in [2.05, 4.69) is 0 Å². The van der Waals surface area contributed by atoms with Crippen LogP contribution in [0.5, 0.6) is 0 Å². The van der Waals surface area contributed by atoms with Crippen molar-refractivity contribution in [3.05, 3.63) is 0 Å². The van der Waals surface area contributed by atoms with Crippen molar-refractivity contribution < 1.29 is 23.5 Å². The Bertz CT molecular complexity index is 192. The van der Waals surface area contributed by atoms with Crippen LogP contribution < -0.4 is 0 Å². The summed E-state index contributed by atoms with van der Waals surface area (Å²) in [4.78, 5) is 0. The third-order valence-corrected chi connectivity index (χ3v) is 4.59. The summed E-state index contributed by atoms with van der Waals surface area (Å²) in [5, 5.41) is 7.82. The maximum absolute atomic E-state index is 12.2. The number of hydrogen-bond donors (Lipinski definition) is 1. The molecule has 1 atom stereocenters. The second-order valence-corrected chi connectivity index (χ2v) is 5.33. The van der Waals surface area contributed by atoms with Crippen LogP contribution >= 0.6 is 7.60 Å². The molecule has 0 aliphatic heterocycles. The Morgan fingerprint density at radius 1 is 1.29 bits per heavy atom. The molecule has 0 aromatic heterocycles. The van der Waals surface area contributed by atoms with Gasteiger partial charge < -0.3 is 18.9 Å². The summed E-state index contributed by atoms with van der Waals surface area (Å²) in [6, 6.07) is 0. The first-order chi connectivity index (χ1) is 6.49. The summed E-state index contributed by atoms with van der Waals surface area (Å²) in [5.41, 5.74) is 0. The largest absolute Gasteiger partial charge is 0.393 e. The molecule has 14 heavy (non-hydrogen) atoms. The molecule has 0 fully saturated rings. The third kappa shape index (κ3) is 2.78. The van der Waals surface area contributed by atoms with Crippen molar-refractivity contribution >= 4 is 7.60 Å². The number of aliphatic hydroxyl groups is 1. The highest BCUT2D eigenvalue weighted by atomic mass is 31.2. The lowest BCUT2D eigenvalue weighted by molar-refractivity contribution is -0.00307. The van der Waals surface area contributed by atoms with Crippen molar-refractivity contribution in [1.29, 1.82) is 0 Å². The Labute approximate surface area is 84.9 Å². The molecular formula is C8H19O5P. The Morgan fingerprint density at radius 2 is 1.71 bits per heavy atom. The van der Waals surface area contributed by atoms with Gasteiger partial charge in [0.1, 0.15) is 0 Å². The fourth-order valence-corrected chi connectivity index (χ4v) is 2.61. The van der Waals surface area contributed by atoms with Gasteiger partial charge in [0.15, 0.2) is 5.34 Å². The van der Waals surface area contributed by atoms with Gasteiger partial charge in [-0.3, -0.25) is 4.57 Å². The van der Waals surface area contributed by atoms with Crippen LogP contribution in [0.15, 0.2) is 0 Å². The molecule has 0 aromatic carbocycles. The van der Waals surface area contributed by atoms with Crippen LogP contribution in [0.4, 0.5) is 0 Å². The molecule has 1 N–H and O–H groups in total. The van der Waals surface area contributed by atoms with Gasteiger partial charge in [-0.25, -0.2) is 0 Å². The van der Waals surface area contributed by atoms with Crippen molar-refractivity contribution in [3.8, 4) is 0 Å². The lowest BCUT2D eigenvalue weighted by Gasteiger charge is -2.32. The maximum Gasteiger partial charge on any atom is 0.364 e. The molecule has 0 spiro atoms. The summed E-state index contributed by atoms with van der Waals surface area (Å²) in [7, 11) is -2.05. The summed E-state index contributed by atoms with van der Waals surface area (Å²) >= 11 is 0. The van der Waals surface area contributed by atoms with Gasteiger partial charge in [-0.05, 0) is 20.8 Å². The van der Waals surface area contributed by atoms with Gasteiger partial charge in [0, 0.05) is 7.11 Å². The predicted molar refractivity (Wildman–Crippen MR) is 53.4 cm³/mol. The molecule has 0 saturated heterocycles. The smallest absolute Gasteiger partial charge is 0.364 e. The predicted octanol–water partition coefficient (Wildman–Crippen LogP) is 1.61. The van der Waals surface area contributed by atoms with Crippen LogP contribution in [0.25, 0.3) is 0 Å². The van der Waals surface area contributed by atoms with Crippen molar-refractivity contribution in [2.45, 2.75) is 26.1 Å². The number of ether oxygens (including phenoxy) is 1. The summed E-state index contributed by atoms with van der Waals surface area (Å²) in [6.45, 7) is 4.99.